The summed E-state index contributed by atoms with van der Waals surface area (Å²) >= 11 is 0. The topological polar surface area (TPSA) is 62.5 Å². The molecule has 4 nitrogen and oxygen atoms in total. The van der Waals surface area contributed by atoms with Gasteiger partial charge in [0.25, 0.3) is 0 Å². The Morgan fingerprint density at radius 1 is 1.10 bits per heavy atom. The first-order valence-electron chi connectivity index (χ1n) is 5.78. The standard InChI is InChI=1S/C14H9F3N2O2/c15-14(16,17)11-3-1-2-10(8-11)12(19-21)13(20)9-4-6-18-7-5-9/h1-8,21H/b19-12-. The molecule has 7 heteroatoms. The number of oxime groups is 1. The molecule has 2 aromatic rings. The van der Waals surface area contributed by atoms with Gasteiger partial charge in [-0.2, -0.15) is 13.2 Å². The summed E-state index contributed by atoms with van der Waals surface area (Å²) in [7, 11) is 0. The number of carbonyl (C=O) groups is 1. The number of hydrogen-bond donors (Lipinski definition) is 1. The van der Waals surface area contributed by atoms with Gasteiger partial charge >= 0.3 is 6.18 Å². The lowest BCUT2D eigenvalue weighted by Gasteiger charge is -2.09. The quantitative estimate of drug-likeness (QED) is 0.409. The molecule has 1 aromatic heterocycles. The van der Waals surface area contributed by atoms with Crippen molar-refractivity contribution < 1.29 is 23.2 Å². The summed E-state index contributed by atoms with van der Waals surface area (Å²) in [5.41, 5.74) is -1.35. The molecule has 0 fully saturated rings. The summed E-state index contributed by atoms with van der Waals surface area (Å²) < 4.78 is 38.0. The summed E-state index contributed by atoms with van der Waals surface area (Å²) in [5, 5.41) is 11.8. The maximum Gasteiger partial charge on any atom is 0.416 e. The van der Waals surface area contributed by atoms with Crippen LogP contribution in [0, 0.1) is 0 Å². The van der Waals surface area contributed by atoms with E-state index >= 15 is 0 Å². The first-order chi connectivity index (χ1) is 9.93. The Bertz CT molecular complexity index is 682. The summed E-state index contributed by atoms with van der Waals surface area (Å²) in [6.45, 7) is 0. The summed E-state index contributed by atoms with van der Waals surface area (Å²) in [5.74, 6) is -0.695. The number of aromatic nitrogens is 1. The molecule has 1 aromatic carbocycles. The molecular weight excluding hydrogens is 285 g/mol. The smallest absolute Gasteiger partial charge is 0.410 e. The van der Waals surface area contributed by atoms with Gasteiger partial charge in [0.1, 0.15) is 0 Å². The third-order valence-electron chi connectivity index (χ3n) is 2.72. The fourth-order valence-corrected chi connectivity index (χ4v) is 1.72. The van der Waals surface area contributed by atoms with Crippen molar-refractivity contribution >= 4 is 11.5 Å². The molecule has 21 heavy (non-hydrogen) atoms. The van der Waals surface area contributed by atoms with Crippen LogP contribution in [-0.4, -0.2) is 21.7 Å². The Kier molecular flexibility index (Phi) is 4.02. The maximum atomic E-state index is 12.7. The number of nitrogens with zero attached hydrogens (tertiary/aromatic N) is 2. The third-order valence-corrected chi connectivity index (χ3v) is 2.72. The molecule has 0 radical (unpaired) electrons. The molecular formula is C14H9F3N2O2. The molecule has 0 saturated heterocycles. The molecule has 0 unspecified atom stereocenters. The molecule has 0 saturated carbocycles. The van der Waals surface area contributed by atoms with E-state index in [9.17, 15) is 18.0 Å². The zero-order valence-corrected chi connectivity index (χ0v) is 10.5. The van der Waals surface area contributed by atoms with E-state index in [1.807, 2.05) is 0 Å². The van der Waals surface area contributed by atoms with Gasteiger partial charge in [0, 0.05) is 23.5 Å². The van der Waals surface area contributed by atoms with Crippen LogP contribution in [0.15, 0.2) is 53.9 Å². The second kappa shape index (κ2) is 5.74. The van der Waals surface area contributed by atoms with E-state index in [2.05, 4.69) is 10.1 Å². The van der Waals surface area contributed by atoms with E-state index in [0.29, 0.717) is 0 Å². The molecule has 108 valence electrons. The normalized spacial score (nSPS) is 12.2. The minimum absolute atomic E-state index is 0.117. The number of benzene rings is 1. The van der Waals surface area contributed by atoms with Crippen LogP contribution < -0.4 is 0 Å². The van der Waals surface area contributed by atoms with Gasteiger partial charge in [0.2, 0.25) is 5.78 Å². The Balaban J connectivity index is 2.42. The maximum absolute atomic E-state index is 12.7. The summed E-state index contributed by atoms with van der Waals surface area (Å²) in [4.78, 5) is 15.9. The monoisotopic (exact) mass is 294 g/mol. The van der Waals surface area contributed by atoms with E-state index in [-0.39, 0.29) is 11.1 Å². The molecule has 2 rings (SSSR count). The highest BCUT2D eigenvalue weighted by atomic mass is 19.4. The number of pyridine rings is 1. The van der Waals surface area contributed by atoms with Crippen molar-refractivity contribution in [3.8, 4) is 0 Å². The van der Waals surface area contributed by atoms with E-state index in [4.69, 9.17) is 5.21 Å². The molecule has 0 atom stereocenters. The van der Waals surface area contributed by atoms with Crippen molar-refractivity contribution in [3.63, 3.8) is 0 Å². The van der Waals surface area contributed by atoms with Gasteiger partial charge in [0.15, 0.2) is 5.71 Å². The van der Waals surface area contributed by atoms with E-state index in [1.54, 1.807) is 0 Å². The Hall–Kier alpha value is -2.70. The van der Waals surface area contributed by atoms with Gasteiger partial charge < -0.3 is 5.21 Å². The molecule has 1 heterocycles. The predicted octanol–water partition coefficient (Wildman–Crippen LogP) is 3.16. The zero-order chi connectivity index (χ0) is 15.5. The number of Topliss-reactive ketones (excluding diaryl/α,β-unsaturated/α-hetero) is 1. The zero-order valence-electron chi connectivity index (χ0n) is 10.5. The highest BCUT2D eigenvalue weighted by Crippen LogP contribution is 2.29. The number of carbonyl (C=O) groups excluding carboxylic acids is 1. The second-order valence-electron chi connectivity index (χ2n) is 4.09. The number of ketones is 1. The van der Waals surface area contributed by atoms with Gasteiger partial charge in [-0.15, -0.1) is 0 Å². The van der Waals surface area contributed by atoms with E-state index < -0.39 is 23.2 Å². The van der Waals surface area contributed by atoms with Crippen LogP contribution in [0.4, 0.5) is 13.2 Å². The van der Waals surface area contributed by atoms with Crippen molar-refractivity contribution in [2.24, 2.45) is 5.16 Å². The second-order valence-corrected chi connectivity index (χ2v) is 4.09. The van der Waals surface area contributed by atoms with Crippen molar-refractivity contribution in [1.29, 1.82) is 0 Å². The third kappa shape index (κ3) is 3.25. The first kappa shape index (κ1) is 14.7. The number of rotatable bonds is 3. The van der Waals surface area contributed by atoms with Crippen molar-refractivity contribution in [2.75, 3.05) is 0 Å². The van der Waals surface area contributed by atoms with Gasteiger partial charge in [-0.3, -0.25) is 9.78 Å². The number of halogens is 3. The van der Waals surface area contributed by atoms with Crippen LogP contribution >= 0.6 is 0 Å². The van der Waals surface area contributed by atoms with Gasteiger partial charge in [-0.05, 0) is 24.3 Å². The van der Waals surface area contributed by atoms with Crippen LogP contribution in [0.2, 0.25) is 0 Å². The molecule has 0 aliphatic heterocycles. The summed E-state index contributed by atoms with van der Waals surface area (Å²) in [6, 6.07) is 6.79. The van der Waals surface area contributed by atoms with Gasteiger partial charge in [-0.25, -0.2) is 0 Å². The van der Waals surface area contributed by atoms with E-state index in [1.165, 1.54) is 30.6 Å². The first-order valence-corrected chi connectivity index (χ1v) is 5.78. The Labute approximate surface area is 117 Å². The van der Waals surface area contributed by atoms with Crippen molar-refractivity contribution in [2.45, 2.75) is 6.18 Å². The minimum Gasteiger partial charge on any atom is -0.410 e. The minimum atomic E-state index is -4.55. The van der Waals surface area contributed by atoms with Crippen molar-refractivity contribution in [3.05, 3.63) is 65.5 Å². The molecule has 0 spiro atoms. The SMILES string of the molecule is O=C(/C(=N\O)c1cccc(C(F)(F)F)c1)c1ccncc1. The van der Waals surface area contributed by atoms with Crippen molar-refractivity contribution in [1.82, 2.24) is 4.98 Å². The van der Waals surface area contributed by atoms with Crippen LogP contribution in [0.25, 0.3) is 0 Å². The Morgan fingerprint density at radius 2 is 1.76 bits per heavy atom. The van der Waals surface area contributed by atoms with Crippen LogP contribution in [0.1, 0.15) is 21.5 Å². The average Bonchev–Trinajstić information content (AvgIpc) is 2.48. The molecule has 0 aliphatic carbocycles. The van der Waals surface area contributed by atoms with Gasteiger partial charge in [-0.1, -0.05) is 17.3 Å². The fourth-order valence-electron chi connectivity index (χ4n) is 1.72. The predicted molar refractivity (Wildman–Crippen MR) is 68.3 cm³/mol. The van der Waals surface area contributed by atoms with E-state index in [0.717, 1.165) is 18.2 Å². The highest BCUT2D eigenvalue weighted by molar-refractivity contribution is 6.51. The molecule has 0 amide bonds. The lowest BCUT2D eigenvalue weighted by atomic mass is 10.00. The Morgan fingerprint density at radius 3 is 2.33 bits per heavy atom. The van der Waals surface area contributed by atoms with Gasteiger partial charge in [0.05, 0.1) is 5.56 Å². The number of hydrogen-bond acceptors (Lipinski definition) is 4. The highest BCUT2D eigenvalue weighted by Gasteiger charge is 2.31. The molecule has 1 N–H and O–H groups in total. The average molecular weight is 294 g/mol. The largest absolute Gasteiger partial charge is 0.416 e. The molecule has 0 bridgehead atoms. The fraction of sp³-hybridized carbons (Fsp3) is 0.0714. The molecule has 0 aliphatic rings. The van der Waals surface area contributed by atoms with Crippen LogP contribution in [0.3, 0.4) is 0 Å². The number of alkyl halides is 3. The summed E-state index contributed by atoms with van der Waals surface area (Å²) in [6.07, 6.45) is -1.83. The lowest BCUT2D eigenvalue weighted by Crippen LogP contribution is -2.17. The lowest BCUT2D eigenvalue weighted by molar-refractivity contribution is -0.137. The van der Waals surface area contributed by atoms with Crippen LogP contribution in [0.5, 0.6) is 0 Å². The van der Waals surface area contributed by atoms with Crippen LogP contribution in [-0.2, 0) is 6.18 Å².